The Morgan fingerprint density at radius 1 is 1.10 bits per heavy atom. The summed E-state index contributed by atoms with van der Waals surface area (Å²) in [4.78, 5) is 41.4. The summed E-state index contributed by atoms with van der Waals surface area (Å²) < 4.78 is 14.0. The van der Waals surface area contributed by atoms with Crippen molar-refractivity contribution in [3.8, 4) is 5.75 Å². The summed E-state index contributed by atoms with van der Waals surface area (Å²) in [6.07, 6.45) is -0.0836. The number of nitrogens with one attached hydrogen (secondary N) is 2. The summed E-state index contributed by atoms with van der Waals surface area (Å²) >= 11 is 0. The van der Waals surface area contributed by atoms with Crippen molar-refractivity contribution in [1.82, 2.24) is 24.6 Å². The van der Waals surface area contributed by atoms with Crippen molar-refractivity contribution in [2.24, 2.45) is 0 Å². The molecule has 2 aromatic carbocycles. The number of ether oxygens (including phenoxy) is 2. The third-order valence-electron chi connectivity index (χ3n) is 5.97. The molecular weight excluding hydrogens is 504 g/mol. The smallest absolute Gasteiger partial charge is 0.407 e. The van der Waals surface area contributed by atoms with E-state index in [1.165, 1.54) is 19.2 Å². The fraction of sp³-hybridized carbons (Fsp3) is 0.296. The number of carboxylic acid groups (broad SMARTS) is 1. The average molecular weight is 535 g/mol. The van der Waals surface area contributed by atoms with E-state index in [0.29, 0.717) is 47.7 Å². The van der Waals surface area contributed by atoms with Gasteiger partial charge in [-0.2, -0.15) is 5.10 Å². The summed E-state index contributed by atoms with van der Waals surface area (Å²) in [5, 5.41) is 19.4. The van der Waals surface area contributed by atoms with Crippen molar-refractivity contribution in [3.63, 3.8) is 0 Å². The molecule has 12 heteroatoms. The molecule has 2 amide bonds. The highest BCUT2D eigenvalue weighted by molar-refractivity contribution is 6.04. The highest BCUT2D eigenvalue weighted by Crippen LogP contribution is 2.31. The van der Waals surface area contributed by atoms with Crippen LogP contribution < -0.4 is 15.4 Å². The quantitative estimate of drug-likeness (QED) is 0.246. The van der Waals surface area contributed by atoms with Gasteiger partial charge in [-0.15, -0.1) is 0 Å². The molecule has 0 aliphatic carbocycles. The van der Waals surface area contributed by atoms with Gasteiger partial charge in [-0.05, 0) is 44.0 Å². The number of alkyl carbamates (subject to hydrolysis) is 1. The minimum absolute atomic E-state index is 0.00406. The zero-order valence-corrected chi connectivity index (χ0v) is 21.9. The summed E-state index contributed by atoms with van der Waals surface area (Å²) in [5.74, 6) is -1.03. The molecule has 39 heavy (non-hydrogen) atoms. The maximum atomic E-state index is 13.1. The summed E-state index contributed by atoms with van der Waals surface area (Å²) in [6, 6.07) is 13.9. The van der Waals surface area contributed by atoms with Crippen LogP contribution in [0.25, 0.3) is 11.0 Å². The van der Waals surface area contributed by atoms with Gasteiger partial charge in [-0.25, -0.2) is 14.6 Å². The Kier molecular flexibility index (Phi) is 8.44. The molecule has 0 saturated carbocycles. The second-order valence-corrected chi connectivity index (χ2v) is 8.72. The Balaban J connectivity index is 1.53. The van der Waals surface area contributed by atoms with Crippen LogP contribution in [0.1, 0.15) is 45.4 Å². The Morgan fingerprint density at radius 3 is 2.56 bits per heavy atom. The van der Waals surface area contributed by atoms with Crippen LogP contribution in [-0.2, 0) is 24.4 Å². The van der Waals surface area contributed by atoms with Gasteiger partial charge in [0.2, 0.25) is 5.95 Å². The number of amides is 2. The van der Waals surface area contributed by atoms with Crippen LogP contribution in [0.2, 0.25) is 0 Å². The first-order valence-electron chi connectivity index (χ1n) is 12.4. The number of hydrogen-bond acceptors (Lipinski definition) is 7. The second kappa shape index (κ2) is 12.1. The third-order valence-corrected chi connectivity index (χ3v) is 5.97. The van der Waals surface area contributed by atoms with Crippen molar-refractivity contribution in [1.29, 1.82) is 0 Å². The number of aryl methyl sites for hydroxylation is 3. The Bertz CT molecular complexity index is 1490. The Hall–Kier alpha value is -4.87. The van der Waals surface area contributed by atoms with E-state index < -0.39 is 18.0 Å². The molecule has 0 bridgehead atoms. The van der Waals surface area contributed by atoms with Crippen molar-refractivity contribution >= 4 is 35.0 Å². The minimum atomic E-state index is -1.13. The van der Waals surface area contributed by atoms with Crippen molar-refractivity contribution < 1.29 is 29.0 Å². The Morgan fingerprint density at radius 2 is 1.87 bits per heavy atom. The van der Waals surface area contributed by atoms with Gasteiger partial charge in [0.05, 0.1) is 23.9 Å². The van der Waals surface area contributed by atoms with Gasteiger partial charge in [0.1, 0.15) is 23.6 Å². The lowest BCUT2D eigenvalue weighted by Crippen LogP contribution is -2.26. The van der Waals surface area contributed by atoms with E-state index in [1.54, 1.807) is 22.2 Å². The third kappa shape index (κ3) is 6.35. The molecule has 0 fully saturated rings. The number of carbonyl (C=O) groups is 3. The van der Waals surface area contributed by atoms with Crippen LogP contribution >= 0.6 is 0 Å². The number of carboxylic acids is 1. The minimum Gasteiger partial charge on any atom is -0.494 e. The molecule has 0 aliphatic heterocycles. The van der Waals surface area contributed by atoms with E-state index in [1.807, 2.05) is 37.3 Å². The van der Waals surface area contributed by atoms with Gasteiger partial charge in [0.25, 0.3) is 5.91 Å². The number of rotatable bonds is 11. The number of carbonyl (C=O) groups excluding carboxylic acids is 2. The lowest BCUT2D eigenvalue weighted by Gasteiger charge is -2.13. The summed E-state index contributed by atoms with van der Waals surface area (Å²) in [6.45, 7) is 4.97. The lowest BCUT2D eigenvalue weighted by molar-refractivity contribution is 0.0696. The van der Waals surface area contributed by atoms with Gasteiger partial charge in [-0.3, -0.25) is 14.8 Å². The van der Waals surface area contributed by atoms with Crippen LogP contribution in [0, 0.1) is 6.92 Å². The number of methoxy groups -OCH3 is 1. The molecule has 4 aromatic rings. The molecule has 0 radical (unpaired) electrons. The molecule has 2 aromatic heterocycles. The van der Waals surface area contributed by atoms with E-state index >= 15 is 0 Å². The van der Waals surface area contributed by atoms with Crippen molar-refractivity contribution in [2.75, 3.05) is 19.0 Å². The fourth-order valence-electron chi connectivity index (χ4n) is 4.16. The second-order valence-electron chi connectivity index (χ2n) is 8.72. The van der Waals surface area contributed by atoms with Gasteiger partial charge in [-0.1, -0.05) is 30.3 Å². The molecular formula is C27H30N6O6. The summed E-state index contributed by atoms with van der Waals surface area (Å²) in [5.41, 5.74) is 2.82. The molecule has 0 unspecified atom stereocenters. The van der Waals surface area contributed by atoms with Crippen LogP contribution in [0.4, 0.5) is 10.7 Å². The monoisotopic (exact) mass is 534 g/mol. The zero-order chi connectivity index (χ0) is 27.9. The van der Waals surface area contributed by atoms with Crippen LogP contribution in [0.15, 0.2) is 48.5 Å². The van der Waals surface area contributed by atoms with E-state index in [4.69, 9.17) is 9.47 Å². The molecule has 0 atom stereocenters. The Labute approximate surface area is 224 Å². The summed E-state index contributed by atoms with van der Waals surface area (Å²) in [7, 11) is 1.43. The first kappa shape index (κ1) is 27.2. The van der Waals surface area contributed by atoms with Gasteiger partial charge < -0.3 is 24.5 Å². The number of fused-ring (bicyclic) bond motifs is 1. The van der Waals surface area contributed by atoms with Gasteiger partial charge in [0.15, 0.2) is 0 Å². The molecule has 0 aliphatic rings. The van der Waals surface area contributed by atoms with E-state index in [2.05, 4.69) is 20.7 Å². The molecule has 12 nitrogen and oxygen atoms in total. The number of hydrogen-bond donors (Lipinski definition) is 3. The molecule has 0 spiro atoms. The predicted octanol–water partition coefficient (Wildman–Crippen LogP) is 3.84. The molecule has 204 valence electrons. The molecule has 2 heterocycles. The normalized spacial score (nSPS) is 10.8. The highest BCUT2D eigenvalue weighted by Gasteiger charge is 2.21. The maximum absolute atomic E-state index is 13.1. The van der Waals surface area contributed by atoms with Crippen molar-refractivity contribution in [2.45, 2.75) is 40.0 Å². The zero-order valence-electron chi connectivity index (χ0n) is 21.9. The SMILES string of the molecule is CCn1nc(C)cc1C(=O)Nc1nc2cc(C(=O)O)cc(OC)c2n1CCCNC(=O)OCc1ccccc1. The van der Waals surface area contributed by atoms with E-state index in [9.17, 15) is 19.5 Å². The highest BCUT2D eigenvalue weighted by atomic mass is 16.5. The number of anilines is 1. The standard InChI is InChI=1S/C27H30N6O6/c1-4-33-21(13-17(2)31-33)24(34)30-26-29-20-14-19(25(35)36)15-22(38-3)23(20)32(26)12-8-11-28-27(37)39-16-18-9-6-5-7-10-18/h5-7,9-10,13-15H,4,8,11-12,16H2,1-3H3,(H,28,37)(H,35,36)(H,29,30,34). The fourth-order valence-corrected chi connectivity index (χ4v) is 4.16. The predicted molar refractivity (Wildman–Crippen MR) is 143 cm³/mol. The first-order chi connectivity index (χ1) is 18.8. The van der Waals surface area contributed by atoms with Gasteiger partial charge >= 0.3 is 12.1 Å². The molecule has 4 rings (SSSR count). The number of benzene rings is 2. The number of aromatic carboxylic acids is 1. The van der Waals surface area contributed by atoms with Crippen LogP contribution in [0.3, 0.4) is 0 Å². The number of imidazole rings is 1. The van der Waals surface area contributed by atoms with Gasteiger partial charge in [0, 0.05) is 19.6 Å². The molecule has 3 N–H and O–H groups in total. The maximum Gasteiger partial charge on any atom is 0.407 e. The topological polar surface area (TPSA) is 150 Å². The largest absolute Gasteiger partial charge is 0.494 e. The number of nitrogens with zero attached hydrogens (tertiary/aromatic N) is 4. The van der Waals surface area contributed by atoms with E-state index in [-0.39, 0.29) is 24.7 Å². The first-order valence-corrected chi connectivity index (χ1v) is 12.4. The van der Waals surface area contributed by atoms with Crippen LogP contribution in [-0.4, -0.2) is 56.1 Å². The average Bonchev–Trinajstić information content (AvgIpc) is 3.49. The molecule has 0 saturated heterocycles. The van der Waals surface area contributed by atoms with Crippen molar-refractivity contribution in [3.05, 3.63) is 71.0 Å². The van der Waals surface area contributed by atoms with Crippen LogP contribution in [0.5, 0.6) is 5.75 Å². The lowest BCUT2D eigenvalue weighted by atomic mass is 10.2. The van der Waals surface area contributed by atoms with E-state index in [0.717, 1.165) is 5.56 Å². The number of aromatic nitrogens is 4.